The summed E-state index contributed by atoms with van der Waals surface area (Å²) in [6.45, 7) is 6.65. The van der Waals surface area contributed by atoms with Gasteiger partial charge in [-0.25, -0.2) is 0 Å². The van der Waals surface area contributed by atoms with Crippen LogP contribution in [0.2, 0.25) is 0 Å². The van der Waals surface area contributed by atoms with Crippen molar-refractivity contribution in [2.75, 3.05) is 0 Å². The first-order valence-electron chi connectivity index (χ1n) is 7.96. The maximum Gasteiger partial charge on any atom is 0.121 e. The molecule has 110 valence electrons. The van der Waals surface area contributed by atoms with E-state index in [-0.39, 0.29) is 0 Å². The Hall–Kier alpha value is 0.580. The third-order valence-electron chi connectivity index (χ3n) is 3.72. The quantitative estimate of drug-likeness (QED) is 0.265. The molecule has 0 fully saturated rings. The van der Waals surface area contributed by atoms with Gasteiger partial charge in [0.25, 0.3) is 0 Å². The van der Waals surface area contributed by atoms with Gasteiger partial charge in [0.15, 0.2) is 0 Å². The summed E-state index contributed by atoms with van der Waals surface area (Å²) in [6.07, 6.45) is 13.6. The molecule has 0 nitrogen and oxygen atoms in total. The minimum Gasteiger partial charge on any atom is -0.101 e. The van der Waals surface area contributed by atoms with Crippen molar-refractivity contribution in [1.29, 1.82) is 0 Å². The van der Waals surface area contributed by atoms with Gasteiger partial charge in [-0.15, -0.1) is 23.2 Å². The van der Waals surface area contributed by atoms with E-state index in [0.717, 1.165) is 12.8 Å². The minimum absolute atomic E-state index is 0.483. The van der Waals surface area contributed by atoms with Gasteiger partial charge < -0.3 is 0 Å². The Kier molecular flexibility index (Phi) is 11.8. The Morgan fingerprint density at radius 1 is 0.722 bits per heavy atom. The van der Waals surface area contributed by atoms with Gasteiger partial charge in [-0.1, -0.05) is 72.1 Å². The second-order valence-corrected chi connectivity index (χ2v) is 7.10. The molecule has 0 rings (SSSR count). The normalized spacial score (nSPS) is 13.8. The van der Waals surface area contributed by atoms with Gasteiger partial charge in [0.1, 0.15) is 4.33 Å². The van der Waals surface area contributed by atoms with Gasteiger partial charge in [0.05, 0.1) is 0 Å². The fourth-order valence-corrected chi connectivity index (χ4v) is 3.44. The lowest BCUT2D eigenvalue weighted by Gasteiger charge is -2.29. The molecule has 0 saturated carbocycles. The Labute approximate surface area is 125 Å². The molecule has 0 aromatic rings. The highest BCUT2D eigenvalue weighted by molar-refractivity contribution is 6.48. The molecule has 2 heteroatoms. The van der Waals surface area contributed by atoms with Crippen LogP contribution in [-0.2, 0) is 0 Å². The highest BCUT2D eigenvalue weighted by Crippen LogP contribution is 2.40. The van der Waals surface area contributed by atoms with Crippen LogP contribution in [0.15, 0.2) is 0 Å². The molecule has 0 bridgehead atoms. The average Bonchev–Trinajstić information content (AvgIpc) is 2.32. The van der Waals surface area contributed by atoms with Crippen molar-refractivity contribution in [2.24, 2.45) is 5.92 Å². The predicted molar refractivity (Wildman–Crippen MR) is 85.7 cm³/mol. The second kappa shape index (κ2) is 11.4. The predicted octanol–water partition coefficient (Wildman–Crippen LogP) is 7.13. The monoisotopic (exact) mass is 294 g/mol. The SMILES string of the molecule is CCCCCCCCC(CCC)C(Cl)(Cl)CCC. The van der Waals surface area contributed by atoms with Crippen LogP contribution in [-0.4, -0.2) is 4.33 Å². The molecule has 0 aliphatic heterocycles. The van der Waals surface area contributed by atoms with Crippen LogP contribution in [0, 0.1) is 5.92 Å². The molecule has 1 unspecified atom stereocenters. The largest absolute Gasteiger partial charge is 0.121 e. The van der Waals surface area contributed by atoms with Crippen molar-refractivity contribution in [3.8, 4) is 0 Å². The average molecular weight is 295 g/mol. The van der Waals surface area contributed by atoms with E-state index in [2.05, 4.69) is 20.8 Å². The summed E-state index contributed by atoms with van der Waals surface area (Å²) in [5, 5.41) is 0. The molecular weight excluding hydrogens is 263 g/mol. The van der Waals surface area contributed by atoms with Gasteiger partial charge in [0.2, 0.25) is 0 Å². The zero-order valence-corrected chi connectivity index (χ0v) is 14.1. The molecule has 0 heterocycles. The molecule has 18 heavy (non-hydrogen) atoms. The van der Waals surface area contributed by atoms with E-state index in [9.17, 15) is 0 Å². The first kappa shape index (κ1) is 18.6. The highest BCUT2D eigenvalue weighted by atomic mass is 35.5. The number of unbranched alkanes of at least 4 members (excludes halogenated alkanes) is 5. The summed E-state index contributed by atoms with van der Waals surface area (Å²) < 4.78 is -0.492. The van der Waals surface area contributed by atoms with Crippen molar-refractivity contribution in [3.05, 3.63) is 0 Å². The van der Waals surface area contributed by atoms with Gasteiger partial charge in [0, 0.05) is 0 Å². The van der Waals surface area contributed by atoms with E-state index in [1.54, 1.807) is 0 Å². The number of halogens is 2. The number of hydrogen-bond donors (Lipinski definition) is 0. The third-order valence-corrected chi connectivity index (χ3v) is 4.72. The summed E-state index contributed by atoms with van der Waals surface area (Å²) in [5.41, 5.74) is 0. The van der Waals surface area contributed by atoms with E-state index in [1.165, 1.54) is 57.8 Å². The first-order valence-corrected chi connectivity index (χ1v) is 8.71. The fraction of sp³-hybridized carbons (Fsp3) is 1.00. The van der Waals surface area contributed by atoms with Crippen molar-refractivity contribution in [1.82, 2.24) is 0 Å². The molecular formula is C16H32Cl2. The smallest absolute Gasteiger partial charge is 0.101 e. The standard InChI is InChI=1S/C16H32Cl2/c1-4-7-8-9-10-11-13-15(12-5-2)16(17,18)14-6-3/h15H,4-14H2,1-3H3. The van der Waals surface area contributed by atoms with Crippen LogP contribution in [0.5, 0.6) is 0 Å². The van der Waals surface area contributed by atoms with Crippen LogP contribution in [0.4, 0.5) is 0 Å². The zero-order chi connectivity index (χ0) is 13.9. The maximum absolute atomic E-state index is 6.51. The van der Waals surface area contributed by atoms with Crippen LogP contribution < -0.4 is 0 Å². The maximum atomic E-state index is 6.51. The minimum atomic E-state index is -0.492. The van der Waals surface area contributed by atoms with Crippen LogP contribution in [0.25, 0.3) is 0 Å². The van der Waals surface area contributed by atoms with Gasteiger partial charge >= 0.3 is 0 Å². The lowest BCUT2D eigenvalue weighted by atomic mass is 9.90. The molecule has 0 saturated heterocycles. The van der Waals surface area contributed by atoms with Crippen LogP contribution >= 0.6 is 23.2 Å². The lowest BCUT2D eigenvalue weighted by Crippen LogP contribution is -2.25. The number of alkyl halides is 2. The van der Waals surface area contributed by atoms with E-state index in [0.29, 0.717) is 5.92 Å². The van der Waals surface area contributed by atoms with E-state index in [1.807, 2.05) is 0 Å². The first-order chi connectivity index (χ1) is 8.58. The summed E-state index contributed by atoms with van der Waals surface area (Å²) in [5.74, 6) is 0.483. The number of hydrogen-bond acceptors (Lipinski definition) is 0. The Morgan fingerprint density at radius 2 is 1.33 bits per heavy atom. The van der Waals surface area contributed by atoms with Gasteiger partial charge in [-0.3, -0.25) is 0 Å². The summed E-state index contributed by atoms with van der Waals surface area (Å²) in [7, 11) is 0. The molecule has 0 amide bonds. The Morgan fingerprint density at radius 3 is 1.89 bits per heavy atom. The van der Waals surface area contributed by atoms with Crippen molar-refractivity contribution < 1.29 is 0 Å². The Balaban J connectivity index is 3.89. The second-order valence-electron chi connectivity index (χ2n) is 5.55. The molecule has 0 radical (unpaired) electrons. The van der Waals surface area contributed by atoms with E-state index in [4.69, 9.17) is 23.2 Å². The summed E-state index contributed by atoms with van der Waals surface area (Å²) >= 11 is 13.0. The Bertz CT molecular complexity index is 178. The summed E-state index contributed by atoms with van der Waals surface area (Å²) in [4.78, 5) is 0. The highest BCUT2D eigenvalue weighted by Gasteiger charge is 2.32. The fourth-order valence-electron chi connectivity index (χ4n) is 2.62. The van der Waals surface area contributed by atoms with Crippen molar-refractivity contribution >= 4 is 23.2 Å². The summed E-state index contributed by atoms with van der Waals surface area (Å²) in [6, 6.07) is 0. The third kappa shape index (κ3) is 8.64. The topological polar surface area (TPSA) is 0 Å². The van der Waals surface area contributed by atoms with Gasteiger partial charge in [-0.2, -0.15) is 0 Å². The van der Waals surface area contributed by atoms with Crippen molar-refractivity contribution in [2.45, 2.75) is 95.7 Å². The molecule has 0 aromatic heterocycles. The van der Waals surface area contributed by atoms with Crippen LogP contribution in [0.1, 0.15) is 91.4 Å². The molecule has 0 N–H and O–H groups in total. The molecule has 0 aliphatic carbocycles. The number of rotatable bonds is 12. The molecule has 0 aliphatic rings. The molecule has 0 aromatic carbocycles. The van der Waals surface area contributed by atoms with Gasteiger partial charge in [-0.05, 0) is 25.2 Å². The van der Waals surface area contributed by atoms with E-state index < -0.39 is 4.33 Å². The van der Waals surface area contributed by atoms with E-state index >= 15 is 0 Å². The van der Waals surface area contributed by atoms with Crippen LogP contribution in [0.3, 0.4) is 0 Å². The van der Waals surface area contributed by atoms with Crippen molar-refractivity contribution in [3.63, 3.8) is 0 Å². The molecule has 0 spiro atoms. The zero-order valence-electron chi connectivity index (χ0n) is 12.6. The lowest BCUT2D eigenvalue weighted by molar-refractivity contribution is 0.363. The molecule has 1 atom stereocenters.